The van der Waals surface area contributed by atoms with Crippen molar-refractivity contribution < 1.29 is 5.21 Å². The van der Waals surface area contributed by atoms with Gasteiger partial charge in [0, 0.05) is 18.1 Å². The molecule has 0 aliphatic carbocycles. The van der Waals surface area contributed by atoms with E-state index in [9.17, 15) is 0 Å². The van der Waals surface area contributed by atoms with Gasteiger partial charge in [-0.2, -0.15) is 0 Å². The first-order valence-electron chi connectivity index (χ1n) is 6.57. The predicted molar refractivity (Wildman–Crippen MR) is 89.3 cm³/mol. The lowest BCUT2D eigenvalue weighted by atomic mass is 10.2. The van der Waals surface area contributed by atoms with E-state index in [0.717, 1.165) is 16.5 Å². The lowest BCUT2D eigenvalue weighted by molar-refractivity contribution is 0.224. The van der Waals surface area contributed by atoms with Crippen molar-refractivity contribution in [3.8, 4) is 0 Å². The van der Waals surface area contributed by atoms with Crippen molar-refractivity contribution in [1.82, 2.24) is 15.0 Å². The van der Waals surface area contributed by atoms with Crippen LogP contribution in [-0.4, -0.2) is 14.8 Å². The zero-order valence-electron chi connectivity index (χ0n) is 11.6. The Labute approximate surface area is 137 Å². The van der Waals surface area contributed by atoms with Gasteiger partial charge in [-0.3, -0.25) is 15.7 Å². The molecule has 0 spiro atoms. The molecule has 0 bridgehead atoms. The Hall–Kier alpha value is -2.01. The van der Waals surface area contributed by atoms with Crippen LogP contribution in [0.15, 0.2) is 49.3 Å². The second-order valence-electron chi connectivity index (χ2n) is 4.88. The fraction of sp³-hybridized carbons (Fsp3) is 0.0625. The number of rotatable bonds is 4. The van der Waals surface area contributed by atoms with Crippen molar-refractivity contribution in [2.75, 3.05) is 0 Å². The molecule has 0 unspecified atom stereocenters. The number of hydrogen-bond donors (Lipinski definition) is 2. The minimum Gasteiger partial charge on any atom is -0.342 e. The Bertz CT molecular complexity index is 858. The third-order valence-corrected chi connectivity index (χ3v) is 4.33. The van der Waals surface area contributed by atoms with Crippen LogP contribution in [0.1, 0.15) is 11.3 Å². The number of nitrogens with one attached hydrogen (secondary N) is 1. The van der Waals surface area contributed by atoms with Crippen LogP contribution >= 0.6 is 23.2 Å². The van der Waals surface area contributed by atoms with E-state index in [-0.39, 0.29) is 0 Å². The Kier molecular flexibility index (Phi) is 4.07. The Morgan fingerprint density at radius 1 is 1.32 bits per heavy atom. The van der Waals surface area contributed by atoms with Gasteiger partial charge in [0.2, 0.25) is 0 Å². The van der Waals surface area contributed by atoms with Gasteiger partial charge in [0.15, 0.2) is 0 Å². The normalized spacial score (nSPS) is 10.9. The molecule has 0 aliphatic heterocycles. The molecular weight excluding hydrogens is 321 g/mol. The minimum absolute atomic E-state index is 0.354. The maximum absolute atomic E-state index is 8.89. The average Bonchev–Trinajstić information content (AvgIpc) is 2.93. The average molecular weight is 334 g/mol. The SMILES string of the molecule is C=C(NO)c1cc2ccn(Cc3cccc(Cl)c3Cl)c2cn1. The molecule has 1 aromatic carbocycles. The van der Waals surface area contributed by atoms with E-state index in [1.165, 1.54) is 0 Å². The molecule has 0 fully saturated rings. The lowest BCUT2D eigenvalue weighted by Gasteiger charge is -2.09. The fourth-order valence-electron chi connectivity index (χ4n) is 2.30. The number of pyridine rings is 1. The summed E-state index contributed by atoms with van der Waals surface area (Å²) in [5.74, 6) is 0. The lowest BCUT2D eigenvalue weighted by Crippen LogP contribution is -2.05. The third kappa shape index (κ3) is 2.68. The third-order valence-electron chi connectivity index (χ3n) is 3.47. The number of hydrogen-bond acceptors (Lipinski definition) is 3. The van der Waals surface area contributed by atoms with E-state index in [4.69, 9.17) is 28.4 Å². The van der Waals surface area contributed by atoms with E-state index in [0.29, 0.717) is 28.0 Å². The number of aromatic nitrogens is 2. The van der Waals surface area contributed by atoms with Crippen LogP contribution in [0.2, 0.25) is 10.0 Å². The highest BCUT2D eigenvalue weighted by atomic mass is 35.5. The largest absolute Gasteiger partial charge is 0.342 e. The van der Waals surface area contributed by atoms with Crippen molar-refractivity contribution in [2.45, 2.75) is 6.54 Å². The van der Waals surface area contributed by atoms with Crippen molar-refractivity contribution in [3.63, 3.8) is 0 Å². The Morgan fingerprint density at radius 2 is 2.14 bits per heavy atom. The topological polar surface area (TPSA) is 50.1 Å². The van der Waals surface area contributed by atoms with Crippen molar-refractivity contribution in [3.05, 3.63) is 70.6 Å². The molecule has 3 rings (SSSR count). The van der Waals surface area contributed by atoms with Gasteiger partial charge >= 0.3 is 0 Å². The van der Waals surface area contributed by atoms with Crippen LogP contribution in [-0.2, 0) is 6.54 Å². The van der Waals surface area contributed by atoms with Crippen LogP contribution in [0.5, 0.6) is 0 Å². The van der Waals surface area contributed by atoms with E-state index in [1.807, 2.05) is 40.5 Å². The minimum atomic E-state index is 0.354. The van der Waals surface area contributed by atoms with Crippen LogP contribution in [0, 0.1) is 0 Å². The molecule has 0 aliphatic rings. The van der Waals surface area contributed by atoms with Crippen LogP contribution in [0.3, 0.4) is 0 Å². The molecule has 4 nitrogen and oxygen atoms in total. The van der Waals surface area contributed by atoms with Crippen LogP contribution in [0.4, 0.5) is 0 Å². The molecule has 22 heavy (non-hydrogen) atoms. The zero-order valence-corrected chi connectivity index (χ0v) is 13.1. The smallest absolute Gasteiger partial charge is 0.0885 e. The maximum atomic E-state index is 8.89. The van der Waals surface area contributed by atoms with Gasteiger partial charge < -0.3 is 4.57 Å². The van der Waals surface area contributed by atoms with E-state index in [1.54, 1.807) is 12.3 Å². The predicted octanol–water partition coefficient (Wildman–Crippen LogP) is 4.34. The summed E-state index contributed by atoms with van der Waals surface area (Å²) in [7, 11) is 0. The second kappa shape index (κ2) is 6.01. The summed E-state index contributed by atoms with van der Waals surface area (Å²) in [4.78, 5) is 4.29. The molecule has 0 amide bonds. The van der Waals surface area contributed by atoms with E-state index < -0.39 is 0 Å². The second-order valence-corrected chi connectivity index (χ2v) is 5.66. The Morgan fingerprint density at radius 3 is 2.91 bits per heavy atom. The quantitative estimate of drug-likeness (QED) is 0.698. The zero-order chi connectivity index (χ0) is 15.7. The highest BCUT2D eigenvalue weighted by Gasteiger charge is 2.09. The number of benzene rings is 1. The molecule has 2 heterocycles. The van der Waals surface area contributed by atoms with Crippen molar-refractivity contribution in [2.24, 2.45) is 0 Å². The van der Waals surface area contributed by atoms with Gasteiger partial charge in [0.05, 0.1) is 33.1 Å². The first-order chi connectivity index (χ1) is 10.6. The summed E-state index contributed by atoms with van der Waals surface area (Å²) < 4.78 is 2.04. The highest BCUT2D eigenvalue weighted by molar-refractivity contribution is 6.42. The van der Waals surface area contributed by atoms with E-state index in [2.05, 4.69) is 11.6 Å². The number of hydroxylamine groups is 1. The maximum Gasteiger partial charge on any atom is 0.0885 e. The molecule has 2 aromatic heterocycles. The number of halogens is 2. The Balaban J connectivity index is 1.98. The fourth-order valence-corrected chi connectivity index (χ4v) is 2.68. The molecule has 0 saturated carbocycles. The van der Waals surface area contributed by atoms with Crippen molar-refractivity contribution >= 4 is 39.8 Å². The first kappa shape index (κ1) is 14.9. The summed E-state index contributed by atoms with van der Waals surface area (Å²) in [6.07, 6.45) is 3.70. The monoisotopic (exact) mass is 333 g/mol. The van der Waals surface area contributed by atoms with Crippen LogP contribution < -0.4 is 5.48 Å². The summed E-state index contributed by atoms with van der Waals surface area (Å²) in [6.45, 7) is 4.28. The van der Waals surface area contributed by atoms with Crippen LogP contribution in [0.25, 0.3) is 16.6 Å². The standard InChI is InChI=1S/C16H13Cl2N3O/c1-10(20-22)14-7-11-5-6-21(15(11)8-19-14)9-12-3-2-4-13(17)16(12)18/h2-8,20,22H,1,9H2. The number of fused-ring (bicyclic) bond motifs is 1. The van der Waals surface area contributed by atoms with Gasteiger partial charge in [0.25, 0.3) is 0 Å². The van der Waals surface area contributed by atoms with E-state index >= 15 is 0 Å². The molecule has 0 radical (unpaired) electrons. The summed E-state index contributed by atoms with van der Waals surface area (Å²) >= 11 is 12.3. The molecule has 0 saturated heterocycles. The molecule has 2 N–H and O–H groups in total. The summed E-state index contributed by atoms with van der Waals surface area (Å²) in [5.41, 5.74) is 4.86. The van der Waals surface area contributed by atoms with Gasteiger partial charge in [-0.25, -0.2) is 0 Å². The number of nitrogens with zero attached hydrogens (tertiary/aromatic N) is 2. The van der Waals surface area contributed by atoms with Gasteiger partial charge in [-0.15, -0.1) is 0 Å². The molecule has 6 heteroatoms. The molecular formula is C16H13Cl2N3O. The molecule has 3 aromatic rings. The van der Waals surface area contributed by atoms with Crippen molar-refractivity contribution in [1.29, 1.82) is 0 Å². The molecule has 0 atom stereocenters. The summed E-state index contributed by atoms with van der Waals surface area (Å²) in [6, 6.07) is 9.42. The first-order valence-corrected chi connectivity index (χ1v) is 7.33. The highest BCUT2D eigenvalue weighted by Crippen LogP contribution is 2.27. The summed E-state index contributed by atoms with van der Waals surface area (Å²) in [5, 5.41) is 11.0. The van der Waals surface area contributed by atoms with Gasteiger partial charge in [-0.1, -0.05) is 41.9 Å². The van der Waals surface area contributed by atoms with Gasteiger partial charge in [0.1, 0.15) is 0 Å². The molecule has 112 valence electrons. The van der Waals surface area contributed by atoms with Gasteiger partial charge in [-0.05, 0) is 23.8 Å².